The number of aromatic nitrogens is 1. The summed E-state index contributed by atoms with van der Waals surface area (Å²) in [5.74, 6) is 1.09. The Morgan fingerprint density at radius 2 is 1.95 bits per heavy atom. The zero-order valence-electron chi connectivity index (χ0n) is 20.1. The van der Waals surface area contributed by atoms with Crippen molar-refractivity contribution in [2.45, 2.75) is 17.9 Å². The van der Waals surface area contributed by atoms with Gasteiger partial charge in [-0.3, -0.25) is 4.79 Å². The smallest absolute Gasteiger partial charge is 0.250 e. The molecule has 1 heterocycles. The molecule has 0 aliphatic rings. The summed E-state index contributed by atoms with van der Waals surface area (Å²) in [7, 11) is 0. The number of amides is 1. The summed E-state index contributed by atoms with van der Waals surface area (Å²) in [4.78, 5) is 16.9. The van der Waals surface area contributed by atoms with Gasteiger partial charge in [0.15, 0.2) is 15.8 Å². The summed E-state index contributed by atoms with van der Waals surface area (Å²) in [5, 5.41) is 7.37. The van der Waals surface area contributed by atoms with Gasteiger partial charge in [0.2, 0.25) is 0 Å². The lowest BCUT2D eigenvalue weighted by molar-refractivity contribution is -0.118. The number of hydrazone groups is 1. The first-order valence-corrected chi connectivity index (χ1v) is 14.8. The topological polar surface area (TPSA) is 72.8 Å². The Bertz CT molecular complexity index is 1430. The van der Waals surface area contributed by atoms with E-state index >= 15 is 0 Å². The molecule has 0 saturated heterocycles. The molecule has 1 N–H and O–H groups in total. The summed E-state index contributed by atoms with van der Waals surface area (Å²) in [5.41, 5.74) is 6.06. The van der Waals surface area contributed by atoms with Gasteiger partial charge in [0.05, 0.1) is 28.7 Å². The van der Waals surface area contributed by atoms with E-state index in [2.05, 4.69) is 31.4 Å². The number of benzene rings is 3. The highest BCUT2D eigenvalue weighted by atomic mass is 79.9. The van der Waals surface area contributed by atoms with Crippen LogP contribution in [0.3, 0.4) is 0 Å². The van der Waals surface area contributed by atoms with Crippen molar-refractivity contribution in [1.29, 1.82) is 0 Å². The van der Waals surface area contributed by atoms with Crippen molar-refractivity contribution < 1.29 is 14.3 Å². The molecule has 4 rings (SSSR count). The zero-order chi connectivity index (χ0) is 26.9. The van der Waals surface area contributed by atoms with E-state index < -0.39 is 0 Å². The largest absolute Gasteiger partial charge is 0.490 e. The van der Waals surface area contributed by atoms with Gasteiger partial charge in [-0.2, -0.15) is 5.10 Å². The molecule has 11 heteroatoms. The Morgan fingerprint density at radius 3 is 2.71 bits per heavy atom. The minimum Gasteiger partial charge on any atom is -0.490 e. The SMILES string of the molecule is CCOc1cc(/C=N/NC(=O)CSc2nc(-c3ccc(Cl)cc3)cs2)cc(Br)c1OCc1cccc(Cl)c1. The molecule has 196 valence electrons. The number of thiazole rings is 1. The van der Waals surface area contributed by atoms with E-state index in [1.54, 1.807) is 12.3 Å². The predicted octanol–water partition coefficient (Wildman–Crippen LogP) is 8.10. The van der Waals surface area contributed by atoms with Crippen LogP contribution in [0.15, 0.2) is 80.0 Å². The van der Waals surface area contributed by atoms with Gasteiger partial charge in [-0.1, -0.05) is 59.2 Å². The van der Waals surface area contributed by atoms with Gasteiger partial charge >= 0.3 is 0 Å². The van der Waals surface area contributed by atoms with Crippen LogP contribution < -0.4 is 14.9 Å². The van der Waals surface area contributed by atoms with Gasteiger partial charge in [-0.15, -0.1) is 11.3 Å². The molecule has 0 radical (unpaired) electrons. The van der Waals surface area contributed by atoms with E-state index in [-0.39, 0.29) is 11.7 Å². The van der Waals surface area contributed by atoms with Crippen molar-refractivity contribution in [2.24, 2.45) is 5.10 Å². The van der Waals surface area contributed by atoms with Crippen molar-refractivity contribution >= 4 is 74.4 Å². The maximum atomic E-state index is 12.3. The van der Waals surface area contributed by atoms with Gasteiger partial charge in [-0.25, -0.2) is 10.4 Å². The first-order chi connectivity index (χ1) is 18.4. The number of nitrogens with zero attached hydrogens (tertiary/aromatic N) is 2. The second-order valence-corrected chi connectivity index (χ2v) is 11.6. The van der Waals surface area contributed by atoms with Crippen LogP contribution in [0.4, 0.5) is 0 Å². The number of hydrogen-bond acceptors (Lipinski definition) is 7. The van der Waals surface area contributed by atoms with Crippen molar-refractivity contribution in [2.75, 3.05) is 12.4 Å². The maximum Gasteiger partial charge on any atom is 0.250 e. The lowest BCUT2D eigenvalue weighted by Crippen LogP contribution is -2.19. The Balaban J connectivity index is 1.32. The van der Waals surface area contributed by atoms with Crippen LogP contribution in [0.1, 0.15) is 18.1 Å². The van der Waals surface area contributed by atoms with Crippen LogP contribution in [-0.2, 0) is 11.4 Å². The average Bonchev–Trinajstić information content (AvgIpc) is 3.37. The molecule has 0 unspecified atom stereocenters. The summed E-state index contributed by atoms with van der Waals surface area (Å²) < 4.78 is 13.3. The van der Waals surface area contributed by atoms with Crippen molar-refractivity contribution in [3.8, 4) is 22.8 Å². The lowest BCUT2D eigenvalue weighted by Gasteiger charge is -2.15. The third kappa shape index (κ3) is 8.22. The quantitative estimate of drug-likeness (QED) is 0.101. The van der Waals surface area contributed by atoms with E-state index in [0.29, 0.717) is 39.2 Å². The van der Waals surface area contributed by atoms with Gasteiger partial charge < -0.3 is 9.47 Å². The number of carbonyl (C=O) groups excluding carboxylic acids is 1. The molecule has 0 atom stereocenters. The molecule has 1 amide bonds. The van der Waals surface area contributed by atoms with Crippen LogP contribution >= 0.6 is 62.2 Å². The molecule has 0 saturated carbocycles. The number of thioether (sulfide) groups is 1. The second-order valence-electron chi connectivity index (χ2n) is 7.77. The Labute approximate surface area is 247 Å². The number of carbonyl (C=O) groups is 1. The van der Waals surface area contributed by atoms with Gasteiger partial charge in [0.25, 0.3) is 5.91 Å². The van der Waals surface area contributed by atoms with E-state index in [1.807, 2.05) is 66.9 Å². The third-order valence-electron chi connectivity index (χ3n) is 4.96. The number of nitrogens with one attached hydrogen (secondary N) is 1. The van der Waals surface area contributed by atoms with Crippen LogP contribution in [0, 0.1) is 0 Å². The molecule has 0 fully saturated rings. The summed E-state index contributed by atoms with van der Waals surface area (Å²) >= 11 is 18.4. The highest BCUT2D eigenvalue weighted by molar-refractivity contribution is 9.10. The maximum absolute atomic E-state index is 12.3. The van der Waals surface area contributed by atoms with Gasteiger partial charge in [0.1, 0.15) is 6.61 Å². The number of halogens is 3. The summed E-state index contributed by atoms with van der Waals surface area (Å²) in [6, 6.07) is 18.6. The minimum atomic E-state index is -0.236. The highest BCUT2D eigenvalue weighted by Crippen LogP contribution is 2.37. The van der Waals surface area contributed by atoms with Crippen LogP contribution in [0.25, 0.3) is 11.3 Å². The first kappa shape index (κ1) is 28.4. The van der Waals surface area contributed by atoms with E-state index in [0.717, 1.165) is 26.7 Å². The van der Waals surface area contributed by atoms with Crippen LogP contribution in [0.2, 0.25) is 10.0 Å². The number of rotatable bonds is 11. The first-order valence-electron chi connectivity index (χ1n) is 11.4. The normalized spacial score (nSPS) is 11.1. The molecule has 6 nitrogen and oxygen atoms in total. The second kappa shape index (κ2) is 14.0. The monoisotopic (exact) mass is 649 g/mol. The van der Waals surface area contributed by atoms with E-state index in [1.165, 1.54) is 23.1 Å². The summed E-state index contributed by atoms with van der Waals surface area (Å²) in [6.45, 7) is 2.69. The lowest BCUT2D eigenvalue weighted by atomic mass is 10.2. The van der Waals surface area contributed by atoms with Gasteiger partial charge in [-0.05, 0) is 70.4 Å². The molecule has 0 aliphatic carbocycles. The predicted molar refractivity (Wildman–Crippen MR) is 160 cm³/mol. The highest BCUT2D eigenvalue weighted by Gasteiger charge is 2.13. The Kier molecular flexibility index (Phi) is 10.5. The molecule has 0 aliphatic heterocycles. The fourth-order valence-corrected chi connectivity index (χ4v) is 5.80. The molecule has 38 heavy (non-hydrogen) atoms. The standard InChI is InChI=1S/C27H22BrCl2N3O3S2/c1-2-35-24-12-18(11-22(28)26(24)36-14-17-4-3-5-21(30)10-17)13-31-33-25(34)16-38-27-32-23(15-37-27)19-6-8-20(29)9-7-19/h3-13,15H,2,14,16H2,1H3,(H,33,34)/b31-13+. The molecular weight excluding hydrogens is 629 g/mol. The minimum absolute atomic E-state index is 0.190. The molecular formula is C27H22BrCl2N3O3S2. The molecule has 3 aromatic carbocycles. The van der Waals surface area contributed by atoms with Gasteiger partial charge in [0, 0.05) is 21.0 Å². The molecule has 1 aromatic heterocycles. The average molecular weight is 651 g/mol. The molecule has 0 bridgehead atoms. The third-order valence-corrected chi connectivity index (χ3v) is 8.05. The number of ether oxygens (including phenoxy) is 2. The van der Waals surface area contributed by atoms with Crippen LogP contribution in [-0.4, -0.2) is 29.5 Å². The molecule has 4 aromatic rings. The Hall–Kier alpha value is -2.56. The summed E-state index contributed by atoms with van der Waals surface area (Å²) in [6.07, 6.45) is 1.55. The van der Waals surface area contributed by atoms with E-state index in [4.69, 9.17) is 32.7 Å². The fraction of sp³-hybridized carbons (Fsp3) is 0.148. The van der Waals surface area contributed by atoms with Crippen molar-refractivity contribution in [3.63, 3.8) is 0 Å². The molecule has 0 spiro atoms. The number of hydrogen-bond donors (Lipinski definition) is 1. The zero-order valence-corrected chi connectivity index (χ0v) is 24.8. The van der Waals surface area contributed by atoms with Crippen molar-refractivity contribution in [3.05, 3.63) is 91.7 Å². The van der Waals surface area contributed by atoms with Crippen molar-refractivity contribution in [1.82, 2.24) is 10.4 Å². The van der Waals surface area contributed by atoms with Crippen LogP contribution in [0.5, 0.6) is 11.5 Å². The Morgan fingerprint density at radius 1 is 1.13 bits per heavy atom. The fourth-order valence-electron chi connectivity index (χ4n) is 3.26. The van der Waals surface area contributed by atoms with E-state index in [9.17, 15) is 4.79 Å².